The molecule has 4 rings (SSSR count). The molecule has 0 aliphatic rings. The standard InChI is InChI=1S/C18H13NO/c1-11-13-7-6-12-4-2-3-5-15(12)16(13)10-17-14(11)8-9-19-18(17)20/h2-10H,1H3,(H,19,20). The summed E-state index contributed by atoms with van der Waals surface area (Å²) < 4.78 is 0. The van der Waals surface area contributed by atoms with Gasteiger partial charge in [0, 0.05) is 11.6 Å². The Morgan fingerprint density at radius 2 is 1.60 bits per heavy atom. The summed E-state index contributed by atoms with van der Waals surface area (Å²) in [5.41, 5.74) is 1.13. The van der Waals surface area contributed by atoms with Crippen molar-refractivity contribution in [1.82, 2.24) is 4.98 Å². The Morgan fingerprint density at radius 1 is 0.800 bits per heavy atom. The van der Waals surface area contributed by atoms with Gasteiger partial charge in [-0.3, -0.25) is 4.79 Å². The summed E-state index contributed by atoms with van der Waals surface area (Å²) in [4.78, 5) is 14.8. The average Bonchev–Trinajstić information content (AvgIpc) is 2.48. The lowest BCUT2D eigenvalue weighted by molar-refractivity contribution is 1.28. The zero-order valence-corrected chi connectivity index (χ0v) is 11.1. The number of aryl methyl sites for hydroxylation is 1. The molecule has 0 amide bonds. The van der Waals surface area contributed by atoms with Gasteiger partial charge in [0.05, 0.1) is 0 Å². The van der Waals surface area contributed by atoms with Gasteiger partial charge < -0.3 is 4.98 Å². The fourth-order valence-corrected chi connectivity index (χ4v) is 3.03. The highest BCUT2D eigenvalue weighted by Gasteiger charge is 2.08. The minimum absolute atomic E-state index is 0.0274. The summed E-state index contributed by atoms with van der Waals surface area (Å²) in [7, 11) is 0. The number of hydrogen-bond acceptors (Lipinski definition) is 1. The highest BCUT2D eigenvalue weighted by Crippen LogP contribution is 2.31. The summed E-state index contributed by atoms with van der Waals surface area (Å²) in [6.07, 6.45) is 1.71. The number of fused-ring (bicyclic) bond motifs is 4. The molecule has 0 saturated heterocycles. The van der Waals surface area contributed by atoms with E-state index in [2.05, 4.69) is 36.2 Å². The van der Waals surface area contributed by atoms with E-state index >= 15 is 0 Å². The molecule has 96 valence electrons. The quantitative estimate of drug-likeness (QED) is 0.373. The Labute approximate surface area is 115 Å². The molecule has 3 aromatic carbocycles. The number of pyridine rings is 1. The van der Waals surface area contributed by atoms with E-state index in [0.717, 1.165) is 21.7 Å². The van der Waals surface area contributed by atoms with Gasteiger partial charge in [0.1, 0.15) is 0 Å². The minimum atomic E-state index is -0.0274. The van der Waals surface area contributed by atoms with E-state index in [1.54, 1.807) is 6.20 Å². The van der Waals surface area contributed by atoms with Gasteiger partial charge in [-0.2, -0.15) is 0 Å². The lowest BCUT2D eigenvalue weighted by Crippen LogP contribution is -2.05. The topological polar surface area (TPSA) is 32.9 Å². The van der Waals surface area contributed by atoms with Crippen molar-refractivity contribution in [3.63, 3.8) is 0 Å². The van der Waals surface area contributed by atoms with Crippen molar-refractivity contribution >= 4 is 32.3 Å². The van der Waals surface area contributed by atoms with Gasteiger partial charge in [-0.1, -0.05) is 36.4 Å². The summed E-state index contributed by atoms with van der Waals surface area (Å²) in [6.45, 7) is 2.08. The van der Waals surface area contributed by atoms with E-state index in [9.17, 15) is 4.79 Å². The van der Waals surface area contributed by atoms with Crippen LogP contribution in [0.1, 0.15) is 5.56 Å². The predicted octanol–water partition coefficient (Wildman–Crippen LogP) is 4.14. The van der Waals surface area contributed by atoms with E-state index < -0.39 is 0 Å². The van der Waals surface area contributed by atoms with E-state index in [1.807, 2.05) is 24.3 Å². The van der Waals surface area contributed by atoms with Crippen LogP contribution in [0.2, 0.25) is 0 Å². The molecular weight excluding hydrogens is 246 g/mol. The van der Waals surface area contributed by atoms with Crippen LogP contribution >= 0.6 is 0 Å². The average molecular weight is 259 g/mol. The van der Waals surface area contributed by atoms with Crippen LogP contribution in [0.3, 0.4) is 0 Å². The van der Waals surface area contributed by atoms with Gasteiger partial charge in [0.25, 0.3) is 5.56 Å². The Hall–Kier alpha value is -2.61. The van der Waals surface area contributed by atoms with Crippen molar-refractivity contribution < 1.29 is 0 Å². The minimum Gasteiger partial charge on any atom is -0.329 e. The highest BCUT2D eigenvalue weighted by molar-refractivity contribution is 6.13. The Balaban J connectivity index is 2.36. The van der Waals surface area contributed by atoms with Crippen molar-refractivity contribution in [3.8, 4) is 0 Å². The zero-order valence-electron chi connectivity index (χ0n) is 11.1. The SMILES string of the molecule is Cc1c2cc[nH]c(=O)c2cc2c1ccc1ccccc12. The Morgan fingerprint density at radius 3 is 2.50 bits per heavy atom. The third kappa shape index (κ3) is 1.42. The van der Waals surface area contributed by atoms with Crippen LogP contribution in [-0.2, 0) is 0 Å². The normalized spacial score (nSPS) is 11.4. The molecule has 0 radical (unpaired) electrons. The maximum Gasteiger partial charge on any atom is 0.255 e. The van der Waals surface area contributed by atoms with E-state index in [-0.39, 0.29) is 5.56 Å². The first kappa shape index (κ1) is 11.2. The molecule has 2 nitrogen and oxygen atoms in total. The summed E-state index contributed by atoms with van der Waals surface area (Å²) in [5, 5.41) is 6.53. The van der Waals surface area contributed by atoms with Crippen molar-refractivity contribution in [2.75, 3.05) is 0 Å². The second-order valence-corrected chi connectivity index (χ2v) is 5.15. The molecule has 1 aromatic heterocycles. The van der Waals surface area contributed by atoms with Crippen LogP contribution in [-0.4, -0.2) is 4.98 Å². The van der Waals surface area contributed by atoms with Crippen LogP contribution in [0.5, 0.6) is 0 Å². The Kier molecular flexibility index (Phi) is 2.21. The number of nitrogens with one attached hydrogen (secondary N) is 1. The van der Waals surface area contributed by atoms with Gasteiger partial charge >= 0.3 is 0 Å². The molecule has 20 heavy (non-hydrogen) atoms. The first-order chi connectivity index (χ1) is 9.75. The third-order valence-electron chi connectivity index (χ3n) is 4.07. The maximum atomic E-state index is 12.1. The largest absolute Gasteiger partial charge is 0.329 e. The molecule has 0 atom stereocenters. The van der Waals surface area contributed by atoms with Crippen molar-refractivity contribution in [3.05, 3.63) is 70.6 Å². The number of hydrogen-bond donors (Lipinski definition) is 1. The lowest BCUT2D eigenvalue weighted by Gasteiger charge is -2.09. The molecule has 1 N–H and O–H groups in total. The molecule has 0 fully saturated rings. The van der Waals surface area contributed by atoms with E-state index in [0.29, 0.717) is 0 Å². The second kappa shape index (κ2) is 3.94. The summed E-state index contributed by atoms with van der Waals surface area (Å²) in [5.74, 6) is 0. The van der Waals surface area contributed by atoms with E-state index in [4.69, 9.17) is 0 Å². The van der Waals surface area contributed by atoms with Gasteiger partial charge in [0.15, 0.2) is 0 Å². The van der Waals surface area contributed by atoms with E-state index in [1.165, 1.54) is 16.2 Å². The third-order valence-corrected chi connectivity index (χ3v) is 4.07. The van der Waals surface area contributed by atoms with Gasteiger partial charge in [-0.05, 0) is 51.6 Å². The monoisotopic (exact) mass is 259 g/mol. The van der Waals surface area contributed by atoms with Crippen LogP contribution < -0.4 is 5.56 Å². The molecule has 1 heterocycles. The molecule has 0 aliphatic heterocycles. The van der Waals surface area contributed by atoms with Crippen molar-refractivity contribution in [1.29, 1.82) is 0 Å². The molecule has 0 unspecified atom stereocenters. The second-order valence-electron chi connectivity index (χ2n) is 5.15. The van der Waals surface area contributed by atoms with Crippen molar-refractivity contribution in [2.45, 2.75) is 6.92 Å². The Bertz CT molecular complexity index is 1030. The number of rotatable bonds is 0. The number of benzene rings is 3. The maximum absolute atomic E-state index is 12.1. The molecule has 0 saturated carbocycles. The first-order valence-corrected chi connectivity index (χ1v) is 6.68. The summed E-state index contributed by atoms with van der Waals surface area (Å²) >= 11 is 0. The molecular formula is C18H13NO. The fraction of sp³-hybridized carbons (Fsp3) is 0.0556. The zero-order chi connectivity index (χ0) is 13.7. The van der Waals surface area contributed by atoms with Crippen molar-refractivity contribution in [2.24, 2.45) is 0 Å². The number of H-pyrrole nitrogens is 1. The van der Waals surface area contributed by atoms with Crippen LogP contribution in [0.25, 0.3) is 32.3 Å². The molecule has 0 bridgehead atoms. The molecule has 4 aromatic rings. The molecule has 0 aliphatic carbocycles. The van der Waals surface area contributed by atoms with Gasteiger partial charge in [-0.25, -0.2) is 0 Å². The molecule has 0 spiro atoms. The highest BCUT2D eigenvalue weighted by atomic mass is 16.1. The van der Waals surface area contributed by atoms with Crippen LogP contribution in [0.4, 0.5) is 0 Å². The fourth-order valence-electron chi connectivity index (χ4n) is 3.03. The number of aromatic nitrogens is 1. The molecule has 2 heteroatoms. The summed E-state index contributed by atoms with van der Waals surface area (Å²) in [6, 6.07) is 16.6. The van der Waals surface area contributed by atoms with Crippen LogP contribution in [0.15, 0.2) is 59.5 Å². The predicted molar refractivity (Wildman–Crippen MR) is 84.3 cm³/mol. The smallest absolute Gasteiger partial charge is 0.255 e. The van der Waals surface area contributed by atoms with Gasteiger partial charge in [-0.15, -0.1) is 0 Å². The number of aromatic amines is 1. The first-order valence-electron chi connectivity index (χ1n) is 6.68. The lowest BCUT2D eigenvalue weighted by atomic mass is 9.95. The van der Waals surface area contributed by atoms with Crippen LogP contribution in [0, 0.1) is 6.92 Å². The van der Waals surface area contributed by atoms with Gasteiger partial charge in [0.2, 0.25) is 0 Å².